The van der Waals surface area contributed by atoms with Gasteiger partial charge in [0.15, 0.2) is 11.5 Å². The largest absolute Gasteiger partial charge is 0.381 e. The fraction of sp³-hybridized carbons (Fsp3) is 0.750. The molecule has 122 valence electrons. The number of nitrogens with one attached hydrogen (secondary N) is 1. The quantitative estimate of drug-likeness (QED) is 0.835. The standard InChI is InChI=1S/C16H24N2O4/c19-16(17-8-13-5-6-20-10-13)15-7-14(22-18-15)11-21-9-12-3-1-2-4-12/h7,12-13H,1-6,8-11H2,(H,17,19). The van der Waals surface area contributed by atoms with Crippen molar-refractivity contribution in [2.45, 2.75) is 38.7 Å². The van der Waals surface area contributed by atoms with Crippen LogP contribution >= 0.6 is 0 Å². The summed E-state index contributed by atoms with van der Waals surface area (Å²) in [5.41, 5.74) is 0.318. The molecular formula is C16H24N2O4. The van der Waals surface area contributed by atoms with E-state index < -0.39 is 0 Å². The van der Waals surface area contributed by atoms with Crippen LogP contribution in [-0.4, -0.2) is 37.4 Å². The summed E-state index contributed by atoms with van der Waals surface area (Å²) in [5.74, 6) is 1.49. The van der Waals surface area contributed by atoms with Gasteiger partial charge in [-0.15, -0.1) is 0 Å². The highest BCUT2D eigenvalue weighted by Gasteiger charge is 2.19. The van der Waals surface area contributed by atoms with Crippen LogP contribution in [0.4, 0.5) is 0 Å². The molecule has 0 bridgehead atoms. The fourth-order valence-electron chi connectivity index (χ4n) is 3.06. The van der Waals surface area contributed by atoms with E-state index in [2.05, 4.69) is 10.5 Å². The fourth-order valence-corrected chi connectivity index (χ4v) is 3.06. The smallest absolute Gasteiger partial charge is 0.273 e. The lowest BCUT2D eigenvalue weighted by molar-refractivity contribution is 0.0733. The van der Waals surface area contributed by atoms with Crippen LogP contribution in [0.2, 0.25) is 0 Å². The van der Waals surface area contributed by atoms with Gasteiger partial charge in [0.25, 0.3) is 5.91 Å². The molecule has 0 aromatic carbocycles. The van der Waals surface area contributed by atoms with Crippen LogP contribution < -0.4 is 5.32 Å². The van der Waals surface area contributed by atoms with E-state index in [1.165, 1.54) is 25.7 Å². The van der Waals surface area contributed by atoms with E-state index in [0.29, 0.717) is 36.4 Å². The van der Waals surface area contributed by atoms with Gasteiger partial charge < -0.3 is 19.3 Å². The van der Waals surface area contributed by atoms with Crippen molar-refractivity contribution >= 4 is 5.91 Å². The average molecular weight is 308 g/mol. The SMILES string of the molecule is O=C(NCC1CCOC1)c1cc(COCC2CCCC2)on1. The number of nitrogens with zero attached hydrogens (tertiary/aromatic N) is 1. The van der Waals surface area contributed by atoms with Gasteiger partial charge >= 0.3 is 0 Å². The molecule has 6 heteroatoms. The summed E-state index contributed by atoms with van der Waals surface area (Å²) < 4.78 is 16.1. The predicted molar refractivity (Wildman–Crippen MR) is 79.4 cm³/mol. The number of amides is 1. The van der Waals surface area contributed by atoms with E-state index >= 15 is 0 Å². The third kappa shape index (κ3) is 4.30. The second-order valence-corrected chi connectivity index (χ2v) is 6.28. The van der Waals surface area contributed by atoms with Crippen molar-refractivity contribution in [2.24, 2.45) is 11.8 Å². The summed E-state index contributed by atoms with van der Waals surface area (Å²) in [5, 5.41) is 6.69. The van der Waals surface area contributed by atoms with Crippen molar-refractivity contribution in [3.8, 4) is 0 Å². The van der Waals surface area contributed by atoms with E-state index in [-0.39, 0.29) is 5.91 Å². The molecule has 2 heterocycles. The van der Waals surface area contributed by atoms with Crippen molar-refractivity contribution in [1.82, 2.24) is 10.5 Å². The Morgan fingerprint density at radius 2 is 2.18 bits per heavy atom. The van der Waals surface area contributed by atoms with Crippen LogP contribution in [0.5, 0.6) is 0 Å². The molecule has 1 saturated heterocycles. The number of carbonyl (C=O) groups is 1. The minimum absolute atomic E-state index is 0.197. The molecule has 6 nitrogen and oxygen atoms in total. The summed E-state index contributed by atoms with van der Waals surface area (Å²) in [6.45, 7) is 3.28. The third-order valence-electron chi connectivity index (χ3n) is 4.44. The van der Waals surface area contributed by atoms with E-state index in [9.17, 15) is 4.79 Å². The Labute approximate surface area is 130 Å². The maximum absolute atomic E-state index is 12.0. The first-order chi connectivity index (χ1) is 10.8. The second kappa shape index (κ2) is 7.74. The molecule has 1 N–H and O–H groups in total. The Morgan fingerprint density at radius 3 is 2.95 bits per heavy atom. The highest BCUT2D eigenvalue weighted by Crippen LogP contribution is 2.25. The number of rotatable bonds is 7. The van der Waals surface area contributed by atoms with Gasteiger partial charge in [-0.3, -0.25) is 4.79 Å². The first kappa shape index (κ1) is 15.5. The third-order valence-corrected chi connectivity index (χ3v) is 4.44. The monoisotopic (exact) mass is 308 g/mol. The maximum Gasteiger partial charge on any atom is 0.273 e. The molecule has 2 aliphatic rings. The Bertz CT molecular complexity index is 476. The van der Waals surface area contributed by atoms with Crippen LogP contribution in [0.25, 0.3) is 0 Å². The molecule has 1 amide bonds. The Hall–Kier alpha value is -1.40. The first-order valence-electron chi connectivity index (χ1n) is 8.20. The van der Waals surface area contributed by atoms with E-state index in [1.54, 1.807) is 6.07 Å². The zero-order valence-corrected chi connectivity index (χ0v) is 12.9. The topological polar surface area (TPSA) is 73.6 Å². The van der Waals surface area contributed by atoms with Crippen LogP contribution in [-0.2, 0) is 16.1 Å². The lowest BCUT2D eigenvalue weighted by Crippen LogP contribution is -2.29. The molecule has 2 fully saturated rings. The van der Waals surface area contributed by atoms with Gasteiger partial charge in [0, 0.05) is 31.7 Å². The summed E-state index contributed by atoms with van der Waals surface area (Å²) in [6.07, 6.45) is 6.14. The highest BCUT2D eigenvalue weighted by molar-refractivity contribution is 5.92. The Kier molecular flexibility index (Phi) is 5.45. The molecule has 1 aliphatic carbocycles. The Balaban J connectivity index is 1.38. The van der Waals surface area contributed by atoms with Crippen molar-refractivity contribution in [1.29, 1.82) is 0 Å². The normalized spacial score (nSPS) is 22.3. The maximum atomic E-state index is 12.0. The molecule has 3 rings (SSSR count). The minimum Gasteiger partial charge on any atom is -0.381 e. The molecule has 1 atom stereocenters. The average Bonchev–Trinajstić information content (AvgIpc) is 3.27. The lowest BCUT2D eigenvalue weighted by Gasteiger charge is -2.08. The number of hydrogen-bond donors (Lipinski definition) is 1. The molecule has 22 heavy (non-hydrogen) atoms. The Morgan fingerprint density at radius 1 is 1.32 bits per heavy atom. The van der Waals surface area contributed by atoms with E-state index in [1.807, 2.05) is 0 Å². The molecule has 1 unspecified atom stereocenters. The zero-order chi connectivity index (χ0) is 15.2. The second-order valence-electron chi connectivity index (χ2n) is 6.28. The van der Waals surface area contributed by atoms with E-state index in [4.69, 9.17) is 14.0 Å². The van der Waals surface area contributed by atoms with Crippen LogP contribution in [0.15, 0.2) is 10.6 Å². The van der Waals surface area contributed by atoms with Crippen LogP contribution in [0, 0.1) is 11.8 Å². The minimum atomic E-state index is -0.197. The van der Waals surface area contributed by atoms with Gasteiger partial charge in [0.2, 0.25) is 0 Å². The molecular weight excluding hydrogens is 284 g/mol. The van der Waals surface area contributed by atoms with Gasteiger partial charge in [0.05, 0.1) is 6.61 Å². The van der Waals surface area contributed by atoms with Gasteiger partial charge in [-0.25, -0.2) is 0 Å². The predicted octanol–water partition coefficient (Wildman–Crippen LogP) is 2.15. The molecule has 1 aromatic rings. The van der Waals surface area contributed by atoms with Gasteiger partial charge in [-0.05, 0) is 25.2 Å². The molecule has 0 spiro atoms. The number of aromatic nitrogens is 1. The zero-order valence-electron chi connectivity index (χ0n) is 12.9. The van der Waals surface area contributed by atoms with Gasteiger partial charge in [-0.1, -0.05) is 18.0 Å². The highest BCUT2D eigenvalue weighted by atomic mass is 16.5. The number of carbonyl (C=O) groups excluding carboxylic acids is 1. The molecule has 1 aliphatic heterocycles. The number of ether oxygens (including phenoxy) is 2. The summed E-state index contributed by atoms with van der Waals surface area (Å²) in [6, 6.07) is 1.66. The van der Waals surface area contributed by atoms with E-state index in [0.717, 1.165) is 26.2 Å². The molecule has 0 radical (unpaired) electrons. The van der Waals surface area contributed by atoms with Gasteiger partial charge in [0.1, 0.15) is 6.61 Å². The van der Waals surface area contributed by atoms with Crippen molar-refractivity contribution < 1.29 is 18.8 Å². The lowest BCUT2D eigenvalue weighted by atomic mass is 10.1. The van der Waals surface area contributed by atoms with Crippen molar-refractivity contribution in [3.05, 3.63) is 17.5 Å². The van der Waals surface area contributed by atoms with Crippen molar-refractivity contribution in [3.63, 3.8) is 0 Å². The van der Waals surface area contributed by atoms with Gasteiger partial charge in [-0.2, -0.15) is 0 Å². The molecule has 1 saturated carbocycles. The summed E-state index contributed by atoms with van der Waals surface area (Å²) >= 11 is 0. The summed E-state index contributed by atoms with van der Waals surface area (Å²) in [4.78, 5) is 12.0. The molecule has 1 aromatic heterocycles. The summed E-state index contributed by atoms with van der Waals surface area (Å²) in [7, 11) is 0. The van der Waals surface area contributed by atoms with Crippen LogP contribution in [0.3, 0.4) is 0 Å². The first-order valence-corrected chi connectivity index (χ1v) is 8.20. The van der Waals surface area contributed by atoms with Crippen LogP contribution in [0.1, 0.15) is 48.4 Å². The number of hydrogen-bond acceptors (Lipinski definition) is 5. The van der Waals surface area contributed by atoms with Crippen molar-refractivity contribution in [2.75, 3.05) is 26.4 Å².